The molecule has 0 bridgehead atoms. The Morgan fingerprint density at radius 1 is 1.14 bits per heavy atom. The maximum Gasteiger partial charge on any atom is 0.215 e. The predicted molar refractivity (Wildman–Crippen MR) is 113 cm³/mol. The van der Waals surface area contributed by atoms with Crippen LogP contribution < -0.4 is 20.1 Å². The summed E-state index contributed by atoms with van der Waals surface area (Å²) in [5.41, 5.74) is 1.63. The number of hydrogen-bond donors (Lipinski definition) is 3. The minimum atomic E-state index is -3.32. The maximum atomic E-state index is 13.7. The summed E-state index contributed by atoms with van der Waals surface area (Å²) in [6.45, 7) is 2.72. The third-order valence-electron chi connectivity index (χ3n) is 4.06. The van der Waals surface area contributed by atoms with Gasteiger partial charge in [-0.3, -0.25) is 4.99 Å². The quantitative estimate of drug-likeness (QED) is 0.425. The molecular formula is C20H27FN4O3S. The van der Waals surface area contributed by atoms with Crippen molar-refractivity contribution in [3.8, 4) is 5.75 Å². The number of guanidine groups is 1. The first kappa shape index (κ1) is 22.6. The Labute approximate surface area is 171 Å². The Bertz CT molecular complexity index is 935. The second-order valence-corrected chi connectivity index (χ2v) is 8.38. The van der Waals surface area contributed by atoms with E-state index in [2.05, 4.69) is 20.3 Å². The molecule has 29 heavy (non-hydrogen) atoms. The fourth-order valence-corrected chi connectivity index (χ4v) is 3.33. The van der Waals surface area contributed by atoms with Crippen LogP contribution in [-0.2, 0) is 22.3 Å². The molecule has 0 amide bonds. The number of ether oxygens (including phenoxy) is 1. The monoisotopic (exact) mass is 422 g/mol. The summed E-state index contributed by atoms with van der Waals surface area (Å²) in [5, 5.41) is 6.29. The van der Waals surface area contributed by atoms with Crippen molar-refractivity contribution in [2.24, 2.45) is 4.99 Å². The number of sulfonamides is 1. The van der Waals surface area contributed by atoms with Crippen molar-refractivity contribution in [1.29, 1.82) is 0 Å². The van der Waals surface area contributed by atoms with Gasteiger partial charge in [-0.25, -0.2) is 17.5 Å². The molecule has 158 valence electrons. The van der Waals surface area contributed by atoms with Crippen LogP contribution in [0.25, 0.3) is 0 Å². The van der Waals surface area contributed by atoms with Gasteiger partial charge in [0.2, 0.25) is 10.0 Å². The van der Waals surface area contributed by atoms with Gasteiger partial charge in [0.15, 0.2) is 17.5 Å². The van der Waals surface area contributed by atoms with Gasteiger partial charge in [-0.1, -0.05) is 36.4 Å². The molecule has 0 heterocycles. The van der Waals surface area contributed by atoms with Crippen LogP contribution in [0.5, 0.6) is 5.75 Å². The van der Waals surface area contributed by atoms with Crippen molar-refractivity contribution >= 4 is 16.0 Å². The predicted octanol–water partition coefficient (Wildman–Crippen LogP) is 2.01. The molecule has 0 spiro atoms. The van der Waals surface area contributed by atoms with Gasteiger partial charge in [-0.2, -0.15) is 0 Å². The lowest BCUT2D eigenvalue weighted by atomic mass is 10.1. The van der Waals surface area contributed by atoms with Crippen LogP contribution in [0.15, 0.2) is 53.5 Å². The highest BCUT2D eigenvalue weighted by molar-refractivity contribution is 7.88. The molecule has 7 nitrogen and oxygen atoms in total. The summed E-state index contributed by atoms with van der Waals surface area (Å²) in [5.74, 6) is 0.289. The van der Waals surface area contributed by atoms with Gasteiger partial charge in [0.1, 0.15) is 6.10 Å². The van der Waals surface area contributed by atoms with E-state index in [0.717, 1.165) is 5.56 Å². The average Bonchev–Trinajstić information content (AvgIpc) is 2.70. The van der Waals surface area contributed by atoms with Crippen LogP contribution in [0, 0.1) is 5.82 Å². The maximum absolute atomic E-state index is 13.7. The highest BCUT2D eigenvalue weighted by atomic mass is 32.2. The van der Waals surface area contributed by atoms with Gasteiger partial charge in [-0.15, -0.1) is 0 Å². The number of hydrogen-bond acceptors (Lipinski definition) is 4. The Morgan fingerprint density at radius 2 is 1.86 bits per heavy atom. The molecule has 2 rings (SSSR count). The molecule has 0 aromatic heterocycles. The molecule has 0 saturated heterocycles. The fourth-order valence-electron chi connectivity index (χ4n) is 2.57. The first-order chi connectivity index (χ1) is 13.8. The molecule has 1 unspecified atom stereocenters. The van der Waals surface area contributed by atoms with Crippen LogP contribution in [0.4, 0.5) is 4.39 Å². The van der Waals surface area contributed by atoms with Gasteiger partial charge in [0.05, 0.1) is 12.3 Å². The van der Waals surface area contributed by atoms with Gasteiger partial charge in [0, 0.05) is 13.6 Å². The molecule has 0 aliphatic carbocycles. The molecule has 0 radical (unpaired) electrons. The summed E-state index contributed by atoms with van der Waals surface area (Å²) in [6, 6.07) is 13.6. The number of nitrogens with zero attached hydrogens (tertiary/aromatic N) is 1. The smallest absolute Gasteiger partial charge is 0.215 e. The Morgan fingerprint density at radius 3 is 2.55 bits per heavy atom. The first-order valence-corrected chi connectivity index (χ1v) is 10.8. The van der Waals surface area contributed by atoms with Crippen molar-refractivity contribution in [2.45, 2.75) is 25.3 Å². The second-order valence-electron chi connectivity index (χ2n) is 6.45. The third kappa shape index (κ3) is 7.71. The average molecular weight is 423 g/mol. The summed E-state index contributed by atoms with van der Waals surface area (Å²) in [7, 11) is -0.277. The minimum absolute atomic E-state index is 0.0742. The van der Waals surface area contributed by atoms with E-state index in [1.807, 2.05) is 25.1 Å². The molecule has 0 saturated carbocycles. The summed E-state index contributed by atoms with van der Waals surface area (Å²) in [4.78, 5) is 4.15. The fraction of sp³-hybridized carbons (Fsp3) is 0.350. The van der Waals surface area contributed by atoms with E-state index < -0.39 is 15.8 Å². The van der Waals surface area contributed by atoms with Crippen molar-refractivity contribution in [2.75, 3.05) is 20.6 Å². The molecule has 0 aliphatic heterocycles. The molecule has 2 aromatic carbocycles. The Balaban J connectivity index is 1.85. The highest BCUT2D eigenvalue weighted by Crippen LogP contribution is 2.16. The van der Waals surface area contributed by atoms with Crippen LogP contribution in [0.1, 0.15) is 18.1 Å². The lowest BCUT2D eigenvalue weighted by Crippen LogP contribution is -2.41. The summed E-state index contributed by atoms with van der Waals surface area (Å²) in [6.07, 6.45) is -0.277. The van der Waals surface area contributed by atoms with E-state index in [1.54, 1.807) is 31.3 Å². The molecule has 0 fully saturated rings. The van der Waals surface area contributed by atoms with Crippen molar-refractivity contribution in [1.82, 2.24) is 15.4 Å². The molecule has 0 aliphatic rings. The number of nitrogens with one attached hydrogen (secondary N) is 3. The SMILES string of the molecule is CN=C(NCc1cccc(CS(=O)(=O)NC)c1)NCC(C)Oc1ccccc1F. The molecule has 1 atom stereocenters. The molecular weight excluding hydrogens is 395 g/mol. The zero-order valence-electron chi connectivity index (χ0n) is 16.8. The largest absolute Gasteiger partial charge is 0.486 e. The zero-order valence-corrected chi connectivity index (χ0v) is 17.6. The highest BCUT2D eigenvalue weighted by Gasteiger charge is 2.10. The second kappa shape index (κ2) is 10.8. The van der Waals surface area contributed by atoms with E-state index in [1.165, 1.54) is 13.1 Å². The topological polar surface area (TPSA) is 91.8 Å². The van der Waals surface area contributed by atoms with Gasteiger partial charge < -0.3 is 15.4 Å². The lowest BCUT2D eigenvalue weighted by Gasteiger charge is -2.18. The number of para-hydroxylation sites is 1. The van der Waals surface area contributed by atoms with Crippen LogP contribution in [0.3, 0.4) is 0 Å². The van der Waals surface area contributed by atoms with Gasteiger partial charge in [0.25, 0.3) is 0 Å². The number of benzene rings is 2. The standard InChI is InChI=1S/C20H27FN4O3S/c1-15(28-19-10-5-4-9-18(19)21)12-24-20(22-2)25-13-16-7-6-8-17(11-16)14-29(26,27)23-3/h4-11,15,23H,12-14H2,1-3H3,(H2,22,24,25). The summed E-state index contributed by atoms with van der Waals surface area (Å²) >= 11 is 0. The van der Waals surface area contributed by atoms with Crippen LogP contribution in [-0.4, -0.2) is 41.1 Å². The minimum Gasteiger partial charge on any atom is -0.486 e. The molecule has 9 heteroatoms. The van der Waals surface area contributed by atoms with Crippen molar-refractivity contribution < 1.29 is 17.5 Å². The molecule has 2 aromatic rings. The number of rotatable bonds is 9. The van der Waals surface area contributed by atoms with Crippen LogP contribution >= 0.6 is 0 Å². The van der Waals surface area contributed by atoms with E-state index in [9.17, 15) is 12.8 Å². The molecule has 3 N–H and O–H groups in total. The van der Waals surface area contributed by atoms with E-state index in [4.69, 9.17) is 4.74 Å². The van der Waals surface area contributed by atoms with E-state index in [0.29, 0.717) is 24.6 Å². The van der Waals surface area contributed by atoms with E-state index in [-0.39, 0.29) is 17.6 Å². The van der Waals surface area contributed by atoms with E-state index >= 15 is 0 Å². The number of aliphatic imine (C=N–C) groups is 1. The normalized spacial score (nSPS) is 13.0. The lowest BCUT2D eigenvalue weighted by molar-refractivity contribution is 0.214. The summed E-state index contributed by atoms with van der Waals surface area (Å²) < 4.78 is 45.0. The van der Waals surface area contributed by atoms with Gasteiger partial charge in [-0.05, 0) is 37.2 Å². The van der Waals surface area contributed by atoms with Gasteiger partial charge >= 0.3 is 0 Å². The Kier molecular flexibility index (Phi) is 8.41. The van der Waals surface area contributed by atoms with Crippen LogP contribution in [0.2, 0.25) is 0 Å². The zero-order chi connectivity index (χ0) is 21.3. The van der Waals surface area contributed by atoms with Crippen molar-refractivity contribution in [3.63, 3.8) is 0 Å². The third-order valence-corrected chi connectivity index (χ3v) is 5.40. The van der Waals surface area contributed by atoms with Crippen molar-refractivity contribution in [3.05, 3.63) is 65.5 Å². The number of halogens is 1. The Hall–Kier alpha value is -2.65. The first-order valence-electron chi connectivity index (χ1n) is 9.17.